The highest BCUT2D eigenvalue weighted by atomic mass is 32.2. The van der Waals surface area contributed by atoms with Crippen molar-refractivity contribution in [3.63, 3.8) is 0 Å². The number of nitrogens with two attached hydrogens (primary N) is 1. The van der Waals surface area contributed by atoms with Crippen LogP contribution < -0.4 is 10.5 Å². The van der Waals surface area contributed by atoms with E-state index in [9.17, 15) is 13.2 Å². The molecule has 1 heterocycles. The maximum atomic E-state index is 12.1. The largest absolute Gasteiger partial charge is 0.369 e. The van der Waals surface area contributed by atoms with Crippen molar-refractivity contribution >= 4 is 15.9 Å². The molecule has 0 aromatic carbocycles. The van der Waals surface area contributed by atoms with E-state index in [0.29, 0.717) is 31.4 Å². The standard InChI is InChI=1S/C11H18N4O3S/c1-7-10(6-13-14-7)19(17,18)15-9-4-2-8(3-5-9)11(12)16/h6,8-9,15H,2-5H2,1H3,(H2,12,16)(H,13,14). The number of amides is 1. The molecule has 106 valence electrons. The normalized spacial score (nSPS) is 24.3. The first kappa shape index (κ1) is 14.0. The Morgan fingerprint density at radius 1 is 1.42 bits per heavy atom. The Balaban J connectivity index is 2.00. The number of aryl methyl sites for hydroxylation is 1. The number of carbonyl (C=O) groups is 1. The van der Waals surface area contributed by atoms with Gasteiger partial charge in [0, 0.05) is 12.0 Å². The van der Waals surface area contributed by atoms with E-state index in [1.807, 2.05) is 0 Å². The Bertz CT molecular complexity index is 558. The molecule has 1 amide bonds. The molecule has 2 rings (SSSR count). The summed E-state index contributed by atoms with van der Waals surface area (Å²) in [6.07, 6.45) is 3.82. The summed E-state index contributed by atoms with van der Waals surface area (Å²) in [6, 6.07) is -0.144. The Morgan fingerprint density at radius 3 is 2.53 bits per heavy atom. The molecule has 0 atom stereocenters. The van der Waals surface area contributed by atoms with Crippen molar-refractivity contribution in [2.75, 3.05) is 0 Å². The smallest absolute Gasteiger partial charge is 0.244 e. The van der Waals surface area contributed by atoms with Crippen LogP contribution in [0, 0.1) is 12.8 Å². The molecule has 0 unspecified atom stereocenters. The zero-order chi connectivity index (χ0) is 14.0. The van der Waals surface area contributed by atoms with Gasteiger partial charge < -0.3 is 5.73 Å². The number of carbonyl (C=O) groups excluding carboxylic acids is 1. The third-order valence-electron chi connectivity index (χ3n) is 3.52. The van der Waals surface area contributed by atoms with Gasteiger partial charge in [-0.05, 0) is 32.6 Å². The minimum absolute atomic E-state index is 0.128. The molecule has 1 fully saturated rings. The van der Waals surface area contributed by atoms with Gasteiger partial charge in [0.1, 0.15) is 4.90 Å². The summed E-state index contributed by atoms with van der Waals surface area (Å²) in [5.41, 5.74) is 5.76. The summed E-state index contributed by atoms with van der Waals surface area (Å²) < 4.78 is 26.9. The number of hydrogen-bond donors (Lipinski definition) is 3. The van der Waals surface area contributed by atoms with Crippen molar-refractivity contribution in [1.82, 2.24) is 14.9 Å². The van der Waals surface area contributed by atoms with Crippen LogP contribution in [0.25, 0.3) is 0 Å². The van der Waals surface area contributed by atoms with Crippen LogP contribution in [0.4, 0.5) is 0 Å². The highest BCUT2D eigenvalue weighted by Gasteiger charge is 2.28. The van der Waals surface area contributed by atoms with E-state index in [4.69, 9.17) is 5.73 Å². The van der Waals surface area contributed by atoms with Crippen LogP contribution in [0.2, 0.25) is 0 Å². The van der Waals surface area contributed by atoms with E-state index < -0.39 is 10.0 Å². The number of sulfonamides is 1. The van der Waals surface area contributed by atoms with Gasteiger partial charge in [0.15, 0.2) is 0 Å². The van der Waals surface area contributed by atoms with Gasteiger partial charge in [0.25, 0.3) is 0 Å². The predicted molar refractivity (Wildman–Crippen MR) is 68.6 cm³/mol. The first-order valence-corrected chi connectivity index (χ1v) is 7.70. The molecule has 7 nitrogen and oxygen atoms in total. The molecule has 0 saturated heterocycles. The second-order valence-electron chi connectivity index (χ2n) is 4.93. The molecule has 8 heteroatoms. The fourth-order valence-electron chi connectivity index (χ4n) is 2.39. The SMILES string of the molecule is Cc1[nH]ncc1S(=O)(=O)NC1CCC(C(N)=O)CC1. The zero-order valence-corrected chi connectivity index (χ0v) is 11.5. The number of primary amides is 1. The van der Waals surface area contributed by atoms with Crippen LogP contribution in [0.1, 0.15) is 31.4 Å². The van der Waals surface area contributed by atoms with Crippen LogP contribution >= 0.6 is 0 Å². The molecule has 0 bridgehead atoms. The van der Waals surface area contributed by atoms with Crippen molar-refractivity contribution < 1.29 is 13.2 Å². The van der Waals surface area contributed by atoms with Crippen LogP contribution in [0.3, 0.4) is 0 Å². The minimum Gasteiger partial charge on any atom is -0.369 e. The van der Waals surface area contributed by atoms with Gasteiger partial charge >= 0.3 is 0 Å². The highest BCUT2D eigenvalue weighted by molar-refractivity contribution is 7.89. The van der Waals surface area contributed by atoms with Crippen LogP contribution in [0.15, 0.2) is 11.1 Å². The molecule has 1 saturated carbocycles. The lowest BCUT2D eigenvalue weighted by atomic mass is 9.86. The Hall–Kier alpha value is -1.41. The fraction of sp³-hybridized carbons (Fsp3) is 0.636. The van der Waals surface area contributed by atoms with Crippen LogP contribution in [-0.4, -0.2) is 30.6 Å². The Kier molecular flexibility index (Phi) is 3.91. The van der Waals surface area contributed by atoms with E-state index in [0.717, 1.165) is 0 Å². The third kappa shape index (κ3) is 3.13. The van der Waals surface area contributed by atoms with Gasteiger partial charge in [0.2, 0.25) is 15.9 Å². The number of nitrogens with one attached hydrogen (secondary N) is 2. The third-order valence-corrected chi connectivity index (χ3v) is 5.16. The van der Waals surface area contributed by atoms with E-state index in [2.05, 4.69) is 14.9 Å². The summed E-state index contributed by atoms with van der Waals surface area (Å²) in [4.78, 5) is 11.2. The van der Waals surface area contributed by atoms with Gasteiger partial charge in [-0.3, -0.25) is 9.89 Å². The molecule has 1 aliphatic rings. The van der Waals surface area contributed by atoms with E-state index >= 15 is 0 Å². The monoisotopic (exact) mass is 286 g/mol. The summed E-state index contributed by atoms with van der Waals surface area (Å²) in [5, 5.41) is 6.31. The minimum atomic E-state index is -3.54. The first-order chi connectivity index (χ1) is 8.90. The molecular formula is C11H18N4O3S. The lowest BCUT2D eigenvalue weighted by Gasteiger charge is -2.27. The molecule has 1 aliphatic carbocycles. The maximum absolute atomic E-state index is 12.1. The Morgan fingerprint density at radius 2 is 2.05 bits per heavy atom. The fourth-order valence-corrected chi connectivity index (χ4v) is 3.83. The average Bonchev–Trinajstić information content (AvgIpc) is 2.76. The molecule has 1 aromatic rings. The Labute approximate surface area is 112 Å². The molecule has 0 radical (unpaired) electrons. The van der Waals surface area contributed by atoms with Gasteiger partial charge in [-0.25, -0.2) is 13.1 Å². The van der Waals surface area contributed by atoms with Crippen molar-refractivity contribution in [3.05, 3.63) is 11.9 Å². The van der Waals surface area contributed by atoms with Gasteiger partial charge in [-0.1, -0.05) is 0 Å². The quantitative estimate of drug-likeness (QED) is 0.724. The van der Waals surface area contributed by atoms with Crippen molar-refractivity contribution in [2.45, 2.75) is 43.5 Å². The van der Waals surface area contributed by atoms with Crippen molar-refractivity contribution in [2.24, 2.45) is 11.7 Å². The topological polar surface area (TPSA) is 118 Å². The number of H-pyrrole nitrogens is 1. The highest BCUT2D eigenvalue weighted by Crippen LogP contribution is 2.25. The van der Waals surface area contributed by atoms with Crippen LogP contribution in [-0.2, 0) is 14.8 Å². The number of rotatable bonds is 4. The predicted octanol–water partition coefficient (Wildman–Crippen LogP) is 0.0405. The molecular weight excluding hydrogens is 268 g/mol. The van der Waals surface area contributed by atoms with Gasteiger partial charge in [-0.2, -0.15) is 5.10 Å². The molecule has 19 heavy (non-hydrogen) atoms. The molecule has 1 aromatic heterocycles. The second-order valence-corrected chi connectivity index (χ2v) is 6.61. The first-order valence-electron chi connectivity index (χ1n) is 6.22. The lowest BCUT2D eigenvalue weighted by Crippen LogP contribution is -2.39. The molecule has 4 N–H and O–H groups in total. The van der Waals surface area contributed by atoms with E-state index in [1.54, 1.807) is 6.92 Å². The van der Waals surface area contributed by atoms with Gasteiger partial charge in [-0.15, -0.1) is 0 Å². The van der Waals surface area contributed by atoms with Crippen molar-refractivity contribution in [3.8, 4) is 0 Å². The molecule has 0 spiro atoms. The lowest BCUT2D eigenvalue weighted by molar-refractivity contribution is -0.122. The summed E-state index contributed by atoms with van der Waals surface area (Å²) in [6.45, 7) is 1.66. The zero-order valence-electron chi connectivity index (χ0n) is 10.7. The number of aromatic amines is 1. The summed E-state index contributed by atoms with van der Waals surface area (Å²) >= 11 is 0. The number of nitrogens with zero attached hydrogens (tertiary/aromatic N) is 1. The number of hydrogen-bond acceptors (Lipinski definition) is 4. The van der Waals surface area contributed by atoms with E-state index in [1.165, 1.54) is 6.20 Å². The summed E-state index contributed by atoms with van der Waals surface area (Å²) in [7, 11) is -3.54. The second kappa shape index (κ2) is 5.30. The summed E-state index contributed by atoms with van der Waals surface area (Å²) in [5.74, 6) is -0.427. The number of aromatic nitrogens is 2. The molecule has 0 aliphatic heterocycles. The van der Waals surface area contributed by atoms with E-state index in [-0.39, 0.29) is 22.8 Å². The van der Waals surface area contributed by atoms with Gasteiger partial charge in [0.05, 0.1) is 11.9 Å². The average molecular weight is 286 g/mol. The van der Waals surface area contributed by atoms with Crippen molar-refractivity contribution in [1.29, 1.82) is 0 Å². The maximum Gasteiger partial charge on any atom is 0.244 e. The van der Waals surface area contributed by atoms with Crippen LogP contribution in [0.5, 0.6) is 0 Å².